The van der Waals surface area contributed by atoms with Crippen molar-refractivity contribution >= 4 is 29.4 Å². The number of anilines is 1. The van der Waals surface area contributed by atoms with Gasteiger partial charge in [0.25, 0.3) is 5.91 Å². The molecule has 1 spiro atoms. The van der Waals surface area contributed by atoms with Crippen molar-refractivity contribution in [3.05, 3.63) is 52.8 Å². The molecule has 11 heteroatoms. The molecule has 4 atom stereocenters. The molecule has 37 heavy (non-hydrogen) atoms. The van der Waals surface area contributed by atoms with E-state index in [2.05, 4.69) is 5.10 Å². The zero-order valence-electron chi connectivity index (χ0n) is 21.0. The van der Waals surface area contributed by atoms with E-state index in [0.717, 1.165) is 12.0 Å². The van der Waals surface area contributed by atoms with Crippen molar-refractivity contribution in [2.75, 3.05) is 18.8 Å². The topological polar surface area (TPSA) is 134 Å². The molecular weight excluding hydrogens is 494 g/mol. The van der Waals surface area contributed by atoms with Gasteiger partial charge in [0.1, 0.15) is 22.7 Å². The van der Waals surface area contributed by atoms with E-state index < -0.39 is 11.5 Å². The first kappa shape index (κ1) is 23.8. The third kappa shape index (κ3) is 3.85. The monoisotopic (exact) mass is 523 g/mol. The zero-order valence-corrected chi connectivity index (χ0v) is 21.8. The van der Waals surface area contributed by atoms with Gasteiger partial charge in [0.2, 0.25) is 0 Å². The molecule has 194 valence electrons. The fraction of sp³-hybridized carbons (Fsp3) is 0.462. The second kappa shape index (κ2) is 7.98. The van der Waals surface area contributed by atoms with Crippen LogP contribution in [0.3, 0.4) is 0 Å². The zero-order chi connectivity index (χ0) is 26.3. The highest BCUT2D eigenvalue weighted by Gasteiger charge is 2.79. The molecule has 3 fully saturated rings. The normalized spacial score (nSPS) is 25.8. The number of ether oxygens (including phenoxy) is 1. The van der Waals surface area contributed by atoms with Crippen LogP contribution in [0.2, 0.25) is 5.02 Å². The number of nitrogen functional groups attached to an aromatic ring is 1. The third-order valence-corrected chi connectivity index (χ3v) is 8.17. The number of amides is 2. The summed E-state index contributed by atoms with van der Waals surface area (Å²) >= 11 is 6.10. The van der Waals surface area contributed by atoms with Crippen LogP contribution in [0.15, 0.2) is 36.7 Å². The third-order valence-electron chi connectivity index (χ3n) is 7.93. The highest BCUT2D eigenvalue weighted by atomic mass is 35.5. The Labute approximate surface area is 219 Å². The van der Waals surface area contributed by atoms with E-state index in [-0.39, 0.29) is 28.9 Å². The van der Waals surface area contributed by atoms with Crippen molar-refractivity contribution in [3.63, 3.8) is 0 Å². The van der Waals surface area contributed by atoms with Crippen LogP contribution < -0.4 is 11.5 Å². The molecular formula is C26H30ClN7O3. The number of piperidine rings is 1. The van der Waals surface area contributed by atoms with Crippen LogP contribution >= 0.6 is 11.6 Å². The summed E-state index contributed by atoms with van der Waals surface area (Å²) in [7, 11) is 0. The Bertz CT molecular complexity index is 1420. The van der Waals surface area contributed by atoms with E-state index in [1.807, 2.05) is 56.1 Å². The maximum atomic E-state index is 12.5. The first-order valence-corrected chi connectivity index (χ1v) is 12.8. The van der Waals surface area contributed by atoms with E-state index in [9.17, 15) is 9.59 Å². The Balaban J connectivity index is 1.21. The molecule has 3 heterocycles. The molecule has 2 saturated carbocycles. The predicted molar refractivity (Wildman–Crippen MR) is 138 cm³/mol. The first-order valence-electron chi connectivity index (χ1n) is 12.4. The smallest absolute Gasteiger partial charge is 0.410 e. The average molecular weight is 524 g/mol. The van der Waals surface area contributed by atoms with Crippen LogP contribution in [-0.2, 0) is 11.3 Å². The minimum atomic E-state index is -0.623. The van der Waals surface area contributed by atoms with Gasteiger partial charge in [0.15, 0.2) is 0 Å². The Morgan fingerprint density at radius 1 is 1.30 bits per heavy atom. The summed E-state index contributed by atoms with van der Waals surface area (Å²) in [6, 6.07) is 7.63. The maximum Gasteiger partial charge on any atom is 0.410 e. The summed E-state index contributed by atoms with van der Waals surface area (Å²) in [4.78, 5) is 26.7. The van der Waals surface area contributed by atoms with Crippen LogP contribution in [0, 0.1) is 17.3 Å². The number of primary amides is 1. The molecule has 6 rings (SSSR count). The molecule has 1 aliphatic heterocycles. The van der Waals surface area contributed by atoms with Crippen LogP contribution in [0.1, 0.15) is 49.2 Å². The number of benzene rings is 1. The highest BCUT2D eigenvalue weighted by molar-refractivity contribution is 6.30. The van der Waals surface area contributed by atoms with Gasteiger partial charge in [-0.25, -0.2) is 9.48 Å². The summed E-state index contributed by atoms with van der Waals surface area (Å²) in [5.41, 5.74) is 14.1. The molecule has 3 aromatic rings. The largest absolute Gasteiger partial charge is 0.444 e. The van der Waals surface area contributed by atoms with Crippen LogP contribution in [0.5, 0.6) is 0 Å². The molecule has 1 aromatic carbocycles. The molecule has 2 amide bonds. The fourth-order valence-corrected chi connectivity index (χ4v) is 6.60. The van der Waals surface area contributed by atoms with Gasteiger partial charge in [-0.3, -0.25) is 9.48 Å². The Morgan fingerprint density at radius 2 is 2.08 bits per heavy atom. The standard InChI is InChI=1S/C26H30ClN7O3/c1-25(2,3)37-24(36)32-12-17-20-18(8-26(17,20)13-32)34-22(28)19(23(29)35)21(31-34)15-9-30-33(11-15)10-14-5-4-6-16(27)7-14/h4-7,9,11,17-18,20H,8,10,12-13,28H2,1-3H3,(H2,29,35)/t17?,18-,20-,26+/m1/s1. The van der Waals surface area contributed by atoms with Crippen molar-refractivity contribution in [2.45, 2.75) is 45.4 Å². The Kier molecular flexibility index (Phi) is 5.14. The number of fused-ring (bicyclic) bond motifs is 1. The molecule has 0 radical (unpaired) electrons. The van der Waals surface area contributed by atoms with Crippen molar-refractivity contribution in [1.29, 1.82) is 0 Å². The number of nitrogens with two attached hydrogens (primary N) is 2. The number of likely N-dealkylation sites (tertiary alicyclic amines) is 1. The van der Waals surface area contributed by atoms with Gasteiger partial charge >= 0.3 is 6.09 Å². The van der Waals surface area contributed by atoms with Crippen molar-refractivity contribution in [1.82, 2.24) is 24.5 Å². The minimum absolute atomic E-state index is 0.0687. The van der Waals surface area contributed by atoms with Gasteiger partial charge in [0.05, 0.1) is 18.8 Å². The molecule has 2 aliphatic carbocycles. The van der Waals surface area contributed by atoms with Crippen molar-refractivity contribution in [3.8, 4) is 11.3 Å². The molecule has 4 N–H and O–H groups in total. The predicted octanol–water partition coefficient (Wildman–Crippen LogP) is 3.56. The van der Waals surface area contributed by atoms with E-state index in [1.165, 1.54) is 0 Å². The van der Waals surface area contributed by atoms with Gasteiger partial charge in [0, 0.05) is 35.3 Å². The lowest BCUT2D eigenvalue weighted by molar-refractivity contribution is 0.0190. The number of nitrogens with zero attached hydrogens (tertiary/aromatic N) is 5. The maximum absolute atomic E-state index is 12.5. The summed E-state index contributed by atoms with van der Waals surface area (Å²) in [6.07, 6.45) is 4.07. The molecule has 1 unspecified atom stereocenters. The van der Waals surface area contributed by atoms with E-state index in [1.54, 1.807) is 15.6 Å². The second-order valence-corrected chi connectivity index (χ2v) is 11.9. The van der Waals surface area contributed by atoms with Gasteiger partial charge in [-0.1, -0.05) is 23.7 Å². The summed E-state index contributed by atoms with van der Waals surface area (Å²) in [5, 5.41) is 9.87. The van der Waals surface area contributed by atoms with Crippen LogP contribution in [0.25, 0.3) is 11.3 Å². The number of rotatable bonds is 5. The summed E-state index contributed by atoms with van der Waals surface area (Å²) < 4.78 is 9.07. The summed E-state index contributed by atoms with van der Waals surface area (Å²) in [6.45, 7) is 7.49. The molecule has 2 aromatic heterocycles. The molecule has 10 nitrogen and oxygen atoms in total. The minimum Gasteiger partial charge on any atom is -0.444 e. The number of carbonyl (C=O) groups excluding carboxylic acids is 2. The van der Waals surface area contributed by atoms with Gasteiger partial charge in [-0.2, -0.15) is 10.2 Å². The number of hydrogen-bond acceptors (Lipinski definition) is 6. The number of carbonyl (C=O) groups is 2. The molecule has 0 bridgehead atoms. The SMILES string of the molecule is CC(C)(C)OC(=O)N1CC2[C@@H]3[C@H](n4nc(-c5cnn(Cc6cccc(Cl)c6)c5)c(C(N)=O)c4N)C[C@]23C1. The summed E-state index contributed by atoms with van der Waals surface area (Å²) in [5.74, 6) is 0.406. The highest BCUT2D eigenvalue weighted by Crippen LogP contribution is 2.79. The Hall–Kier alpha value is -3.53. The fourth-order valence-electron chi connectivity index (χ4n) is 6.39. The number of halogens is 1. The number of hydrogen-bond donors (Lipinski definition) is 2. The van der Waals surface area contributed by atoms with Crippen molar-refractivity contribution < 1.29 is 14.3 Å². The Morgan fingerprint density at radius 3 is 2.76 bits per heavy atom. The molecule has 1 saturated heterocycles. The lowest BCUT2D eigenvalue weighted by Crippen LogP contribution is -2.42. The van der Waals surface area contributed by atoms with Crippen molar-refractivity contribution in [2.24, 2.45) is 23.0 Å². The van der Waals surface area contributed by atoms with Crippen LogP contribution in [0.4, 0.5) is 10.6 Å². The number of aromatic nitrogens is 4. The van der Waals surface area contributed by atoms with E-state index in [4.69, 9.17) is 32.9 Å². The lowest BCUT2D eigenvalue weighted by Gasteiger charge is -2.37. The second-order valence-electron chi connectivity index (χ2n) is 11.5. The first-order chi connectivity index (χ1) is 17.5. The van der Waals surface area contributed by atoms with Crippen LogP contribution in [-0.4, -0.2) is 55.2 Å². The quantitative estimate of drug-likeness (QED) is 0.525. The van der Waals surface area contributed by atoms with E-state index >= 15 is 0 Å². The average Bonchev–Trinajstić information content (AvgIpc) is 3.27. The van der Waals surface area contributed by atoms with Gasteiger partial charge < -0.3 is 21.1 Å². The van der Waals surface area contributed by atoms with E-state index in [0.29, 0.717) is 47.8 Å². The van der Waals surface area contributed by atoms with Gasteiger partial charge in [-0.05, 0) is 56.7 Å². The lowest BCUT2D eigenvalue weighted by atomic mass is 9.80. The molecule has 3 aliphatic rings. The van der Waals surface area contributed by atoms with Gasteiger partial charge in [-0.15, -0.1) is 0 Å².